The molecule has 4 nitrogen and oxygen atoms in total. The lowest BCUT2D eigenvalue weighted by atomic mass is 10.0. The number of carbonyl (C=O) groups excluding carboxylic acids is 1. The zero-order chi connectivity index (χ0) is 15.2. The van der Waals surface area contributed by atoms with Crippen molar-refractivity contribution in [3.05, 3.63) is 23.6 Å². The van der Waals surface area contributed by atoms with E-state index in [-0.39, 0.29) is 5.91 Å². The quantitative estimate of drug-likeness (QED) is 0.575. The van der Waals surface area contributed by atoms with Crippen molar-refractivity contribution in [2.45, 2.75) is 45.1 Å². The average Bonchev–Trinajstić information content (AvgIpc) is 2.69. The molecule has 1 aromatic heterocycles. The van der Waals surface area contributed by atoms with E-state index < -0.39 is 0 Å². The first kappa shape index (κ1) is 15.9. The number of carbonyl (C=O) groups is 1. The maximum Gasteiger partial charge on any atom is 0.263 e. The molecule has 0 aromatic carbocycles. The summed E-state index contributed by atoms with van der Waals surface area (Å²) in [6, 6.07) is 2.37. The van der Waals surface area contributed by atoms with E-state index in [1.54, 1.807) is 6.08 Å². The Balaban J connectivity index is 1.98. The first-order chi connectivity index (χ1) is 10.1. The molecule has 4 N–H and O–H groups in total. The smallest absolute Gasteiger partial charge is 0.263 e. The third-order valence-corrected chi connectivity index (χ3v) is 5.06. The first-order valence-corrected chi connectivity index (χ1v) is 8.46. The topological polar surface area (TPSA) is 67.2 Å². The summed E-state index contributed by atoms with van der Waals surface area (Å²) in [6.45, 7) is 6.38. The Morgan fingerprint density at radius 3 is 3.05 bits per heavy atom. The second-order valence-corrected chi connectivity index (χ2v) is 6.90. The van der Waals surface area contributed by atoms with Crippen molar-refractivity contribution in [1.82, 2.24) is 5.32 Å². The van der Waals surface area contributed by atoms with Gasteiger partial charge in [-0.2, -0.15) is 0 Å². The molecule has 2 rings (SSSR count). The van der Waals surface area contributed by atoms with Gasteiger partial charge in [0.2, 0.25) is 0 Å². The number of hydrogen-bond donors (Lipinski definition) is 3. The molecule has 1 aliphatic carbocycles. The van der Waals surface area contributed by atoms with E-state index in [4.69, 9.17) is 5.73 Å². The molecular weight excluding hydrogens is 282 g/mol. The first-order valence-electron chi connectivity index (χ1n) is 7.65. The van der Waals surface area contributed by atoms with Gasteiger partial charge in [0, 0.05) is 12.6 Å². The van der Waals surface area contributed by atoms with Crippen LogP contribution in [0.1, 0.15) is 48.7 Å². The van der Waals surface area contributed by atoms with Crippen LogP contribution in [0.25, 0.3) is 0 Å². The van der Waals surface area contributed by atoms with Gasteiger partial charge < -0.3 is 16.4 Å². The maximum absolute atomic E-state index is 12.0. The minimum atomic E-state index is -0.125. The highest BCUT2D eigenvalue weighted by atomic mass is 32.1. The Morgan fingerprint density at radius 2 is 2.29 bits per heavy atom. The molecule has 1 saturated carbocycles. The summed E-state index contributed by atoms with van der Waals surface area (Å²) in [6.07, 6.45) is 7.90. The summed E-state index contributed by atoms with van der Waals surface area (Å²) in [7, 11) is 0. The van der Waals surface area contributed by atoms with Gasteiger partial charge in [0.25, 0.3) is 5.91 Å². The maximum atomic E-state index is 12.0. The van der Waals surface area contributed by atoms with Crippen molar-refractivity contribution in [2.24, 2.45) is 5.92 Å². The average molecular weight is 307 g/mol. The van der Waals surface area contributed by atoms with Gasteiger partial charge in [-0.3, -0.25) is 4.79 Å². The van der Waals surface area contributed by atoms with Gasteiger partial charge in [0.15, 0.2) is 0 Å². The molecule has 0 saturated heterocycles. The van der Waals surface area contributed by atoms with Crippen molar-refractivity contribution in [3.8, 4) is 0 Å². The van der Waals surface area contributed by atoms with Crippen molar-refractivity contribution in [3.63, 3.8) is 0 Å². The monoisotopic (exact) mass is 307 g/mol. The molecule has 2 unspecified atom stereocenters. The van der Waals surface area contributed by atoms with Crippen LogP contribution in [0.5, 0.6) is 0 Å². The second kappa shape index (κ2) is 7.50. The molecule has 1 fully saturated rings. The van der Waals surface area contributed by atoms with Gasteiger partial charge in [0.1, 0.15) is 4.88 Å². The molecule has 21 heavy (non-hydrogen) atoms. The number of anilines is 2. The molecule has 1 amide bonds. The molecule has 2 atom stereocenters. The minimum absolute atomic E-state index is 0.125. The summed E-state index contributed by atoms with van der Waals surface area (Å²) >= 11 is 1.44. The van der Waals surface area contributed by atoms with Crippen LogP contribution in [-0.2, 0) is 0 Å². The standard InChI is InChI=1S/C16H25N3OS/c1-3-9-18-16(20)15-13(17)10-14(21-15)19-12-6-4-5-11(2)7-8-12/h3,10-12,19H,1,4-9,17H2,2H3,(H,18,20). The molecule has 1 heterocycles. The fourth-order valence-electron chi connectivity index (χ4n) is 2.73. The van der Waals surface area contributed by atoms with Crippen molar-refractivity contribution >= 4 is 27.9 Å². The SMILES string of the molecule is C=CCNC(=O)c1sc(NC2CCCC(C)CC2)cc1N. The predicted molar refractivity (Wildman–Crippen MR) is 90.9 cm³/mol. The van der Waals surface area contributed by atoms with E-state index in [1.807, 2.05) is 6.07 Å². The highest BCUT2D eigenvalue weighted by Crippen LogP contribution is 2.32. The number of rotatable bonds is 5. The van der Waals surface area contributed by atoms with Gasteiger partial charge >= 0.3 is 0 Å². The fourth-order valence-corrected chi connectivity index (χ4v) is 3.70. The van der Waals surface area contributed by atoms with Crippen LogP contribution >= 0.6 is 11.3 Å². The Kier molecular flexibility index (Phi) is 5.67. The predicted octanol–water partition coefficient (Wildman–Crippen LogP) is 3.63. The van der Waals surface area contributed by atoms with Crippen LogP contribution in [0, 0.1) is 5.92 Å². The molecule has 5 heteroatoms. The van der Waals surface area contributed by atoms with E-state index in [9.17, 15) is 4.79 Å². The van der Waals surface area contributed by atoms with Crippen molar-refractivity contribution < 1.29 is 4.79 Å². The highest BCUT2D eigenvalue weighted by molar-refractivity contribution is 7.18. The summed E-state index contributed by atoms with van der Waals surface area (Å²) in [5.41, 5.74) is 6.50. The molecule has 0 aliphatic heterocycles. The number of nitrogen functional groups attached to an aromatic ring is 1. The van der Waals surface area contributed by atoms with Crippen molar-refractivity contribution in [1.29, 1.82) is 0 Å². The van der Waals surface area contributed by atoms with Crippen LogP contribution in [0.2, 0.25) is 0 Å². The molecular formula is C16H25N3OS. The van der Waals surface area contributed by atoms with E-state index in [0.29, 0.717) is 23.2 Å². The number of thiophene rings is 1. The van der Waals surface area contributed by atoms with Crippen LogP contribution in [0.4, 0.5) is 10.7 Å². The molecule has 1 aliphatic rings. The van der Waals surface area contributed by atoms with E-state index in [1.165, 1.54) is 43.4 Å². The second-order valence-electron chi connectivity index (χ2n) is 5.85. The Morgan fingerprint density at radius 1 is 1.48 bits per heavy atom. The van der Waals surface area contributed by atoms with Crippen LogP contribution in [0.3, 0.4) is 0 Å². The third-order valence-electron chi connectivity index (χ3n) is 3.98. The largest absolute Gasteiger partial charge is 0.397 e. The lowest BCUT2D eigenvalue weighted by molar-refractivity contribution is 0.0963. The number of amides is 1. The number of hydrogen-bond acceptors (Lipinski definition) is 4. The number of nitrogens with one attached hydrogen (secondary N) is 2. The third kappa shape index (κ3) is 4.49. The normalized spacial score (nSPS) is 22.3. The summed E-state index contributed by atoms with van der Waals surface area (Å²) in [5, 5.41) is 7.32. The Hall–Kier alpha value is -1.49. The molecule has 0 spiro atoms. The number of nitrogens with two attached hydrogens (primary N) is 1. The highest BCUT2D eigenvalue weighted by Gasteiger charge is 2.19. The molecule has 0 bridgehead atoms. The summed E-state index contributed by atoms with van der Waals surface area (Å²) in [4.78, 5) is 12.6. The Bertz CT molecular complexity index is 498. The van der Waals surface area contributed by atoms with Crippen molar-refractivity contribution in [2.75, 3.05) is 17.6 Å². The zero-order valence-corrected chi connectivity index (χ0v) is 13.5. The van der Waals surface area contributed by atoms with Gasteiger partial charge in [0.05, 0.1) is 10.7 Å². The van der Waals surface area contributed by atoms with E-state index in [2.05, 4.69) is 24.1 Å². The summed E-state index contributed by atoms with van der Waals surface area (Å²) < 4.78 is 0. The fraction of sp³-hybridized carbons (Fsp3) is 0.562. The van der Waals surface area contributed by atoms with Gasteiger partial charge in [-0.1, -0.05) is 25.8 Å². The molecule has 116 valence electrons. The molecule has 0 radical (unpaired) electrons. The summed E-state index contributed by atoms with van der Waals surface area (Å²) in [5.74, 6) is 0.699. The van der Waals surface area contributed by atoms with Gasteiger partial charge in [-0.25, -0.2) is 0 Å². The lowest BCUT2D eigenvalue weighted by Gasteiger charge is -2.16. The van der Waals surface area contributed by atoms with Crippen LogP contribution in [-0.4, -0.2) is 18.5 Å². The van der Waals surface area contributed by atoms with Gasteiger partial charge in [-0.05, 0) is 31.2 Å². The van der Waals surface area contributed by atoms with Crippen LogP contribution < -0.4 is 16.4 Å². The lowest BCUT2D eigenvalue weighted by Crippen LogP contribution is -2.22. The minimum Gasteiger partial charge on any atom is -0.397 e. The van der Waals surface area contributed by atoms with Gasteiger partial charge in [-0.15, -0.1) is 17.9 Å². The van der Waals surface area contributed by atoms with Crippen LogP contribution in [0.15, 0.2) is 18.7 Å². The Labute approximate surface area is 130 Å². The zero-order valence-electron chi connectivity index (χ0n) is 12.7. The van der Waals surface area contributed by atoms with E-state index >= 15 is 0 Å². The molecule has 1 aromatic rings. The van der Waals surface area contributed by atoms with E-state index in [0.717, 1.165) is 10.9 Å².